The maximum absolute atomic E-state index is 13.2. The molecule has 0 unspecified atom stereocenters. The van der Waals surface area contributed by atoms with E-state index in [4.69, 9.17) is 9.47 Å². The minimum atomic E-state index is -0.727. The van der Waals surface area contributed by atoms with Gasteiger partial charge >= 0.3 is 11.9 Å². The van der Waals surface area contributed by atoms with Gasteiger partial charge in [0.15, 0.2) is 0 Å². The van der Waals surface area contributed by atoms with Crippen LogP contribution in [-0.4, -0.2) is 36.6 Å². The van der Waals surface area contributed by atoms with Crippen molar-refractivity contribution in [2.24, 2.45) is 0 Å². The Hall–Kier alpha value is -3.93. The molecule has 0 saturated carbocycles. The lowest BCUT2D eigenvalue weighted by Crippen LogP contribution is -2.48. The quantitative estimate of drug-likeness (QED) is 0.0902. The molecule has 242 valence electrons. The summed E-state index contributed by atoms with van der Waals surface area (Å²) >= 11 is 0. The summed E-state index contributed by atoms with van der Waals surface area (Å²) in [7, 11) is 0. The van der Waals surface area contributed by atoms with E-state index in [0.29, 0.717) is 23.1 Å². The van der Waals surface area contributed by atoms with Crippen LogP contribution in [0.3, 0.4) is 0 Å². The van der Waals surface area contributed by atoms with Crippen molar-refractivity contribution in [3.05, 3.63) is 108 Å². The fourth-order valence-electron chi connectivity index (χ4n) is 5.39. The van der Waals surface area contributed by atoms with Crippen molar-refractivity contribution in [2.75, 3.05) is 6.61 Å². The van der Waals surface area contributed by atoms with Gasteiger partial charge in [-0.1, -0.05) is 139 Å². The minimum absolute atomic E-state index is 0.127. The normalized spacial score (nSPS) is 12.2. The first kappa shape index (κ1) is 35.5. The summed E-state index contributed by atoms with van der Waals surface area (Å²) < 4.78 is 11.7. The van der Waals surface area contributed by atoms with Gasteiger partial charge in [-0.25, -0.2) is 9.59 Å². The summed E-state index contributed by atoms with van der Waals surface area (Å²) in [6.45, 7) is 2.13. The summed E-state index contributed by atoms with van der Waals surface area (Å²) in [6, 6.07) is 25.7. The molecular formula is C39H51NO5. The van der Waals surface area contributed by atoms with Crippen LogP contribution in [0.1, 0.15) is 128 Å². The van der Waals surface area contributed by atoms with Gasteiger partial charge in [0.05, 0.1) is 11.1 Å². The molecule has 0 aromatic heterocycles. The van der Waals surface area contributed by atoms with Crippen molar-refractivity contribution in [1.29, 1.82) is 0 Å². The fraction of sp³-hybridized carbons (Fsp3) is 0.462. The van der Waals surface area contributed by atoms with Crippen molar-refractivity contribution >= 4 is 17.8 Å². The third-order valence-electron chi connectivity index (χ3n) is 8.06. The first-order valence-electron chi connectivity index (χ1n) is 16.9. The third-order valence-corrected chi connectivity index (χ3v) is 8.06. The van der Waals surface area contributed by atoms with E-state index in [0.717, 1.165) is 19.3 Å². The minimum Gasteiger partial charge on any atom is -0.460 e. The average Bonchev–Trinajstić information content (AvgIpc) is 3.09. The van der Waals surface area contributed by atoms with Crippen LogP contribution < -0.4 is 5.32 Å². The van der Waals surface area contributed by atoms with Crippen LogP contribution in [0, 0.1) is 0 Å². The number of carbonyl (C=O) groups is 3. The number of ether oxygens (including phenoxy) is 2. The zero-order valence-electron chi connectivity index (χ0n) is 27.0. The Bertz CT molecular complexity index is 1230. The van der Waals surface area contributed by atoms with E-state index >= 15 is 0 Å². The number of carbonyl (C=O) groups excluding carboxylic acids is 3. The van der Waals surface area contributed by atoms with Crippen LogP contribution in [0.2, 0.25) is 0 Å². The van der Waals surface area contributed by atoms with Crippen molar-refractivity contribution < 1.29 is 23.9 Å². The molecule has 1 amide bonds. The molecule has 0 spiro atoms. The second-order valence-electron chi connectivity index (χ2n) is 11.8. The van der Waals surface area contributed by atoms with Gasteiger partial charge in [-0.3, -0.25) is 4.79 Å². The first-order chi connectivity index (χ1) is 22.1. The number of amides is 1. The van der Waals surface area contributed by atoms with Crippen LogP contribution in [0.15, 0.2) is 91.0 Å². The largest absolute Gasteiger partial charge is 0.460 e. The number of esters is 2. The fourth-order valence-corrected chi connectivity index (χ4v) is 5.39. The van der Waals surface area contributed by atoms with Gasteiger partial charge in [0.2, 0.25) is 0 Å². The van der Waals surface area contributed by atoms with Gasteiger partial charge in [0.1, 0.15) is 18.8 Å². The topological polar surface area (TPSA) is 81.7 Å². The molecule has 6 nitrogen and oxygen atoms in total. The van der Waals surface area contributed by atoms with E-state index in [9.17, 15) is 14.4 Å². The highest BCUT2D eigenvalue weighted by Gasteiger charge is 2.29. The van der Waals surface area contributed by atoms with Gasteiger partial charge in [-0.15, -0.1) is 0 Å². The molecule has 0 bridgehead atoms. The molecule has 3 aromatic carbocycles. The van der Waals surface area contributed by atoms with E-state index in [1.807, 2.05) is 18.2 Å². The number of hydrogen-bond donors (Lipinski definition) is 1. The van der Waals surface area contributed by atoms with Gasteiger partial charge in [-0.05, 0) is 49.2 Å². The maximum Gasteiger partial charge on any atom is 0.338 e. The maximum atomic E-state index is 13.2. The summed E-state index contributed by atoms with van der Waals surface area (Å²) in [5.41, 5.74) is 1.33. The Morgan fingerprint density at radius 3 is 1.47 bits per heavy atom. The highest BCUT2D eigenvalue weighted by Crippen LogP contribution is 2.18. The van der Waals surface area contributed by atoms with Gasteiger partial charge in [-0.2, -0.15) is 0 Å². The Kier molecular flexibility index (Phi) is 17.2. The molecule has 6 heteroatoms. The molecule has 3 rings (SSSR count). The highest BCUT2D eigenvalue weighted by atomic mass is 16.6. The monoisotopic (exact) mass is 613 g/mol. The number of nitrogens with one attached hydrogen (secondary N) is 1. The lowest BCUT2D eigenvalue weighted by atomic mass is 10.0. The Labute approximate surface area is 269 Å². The Morgan fingerprint density at radius 2 is 0.978 bits per heavy atom. The number of hydrogen-bond acceptors (Lipinski definition) is 5. The standard InChI is InChI=1S/C39H51NO5/c1-2-3-4-5-6-7-8-9-10-11-12-13-23-30-36(45-39(43)34-28-21-16-22-29-34)35(40-37(41)32-24-17-14-18-25-32)31-44-38(42)33-26-19-15-20-27-33/h14-22,24-29,35-36H,2-13,23,30-31H2,1H3,(H,40,41)/t35-,36+/m1/s1. The molecule has 45 heavy (non-hydrogen) atoms. The van der Waals surface area contributed by atoms with Crippen molar-refractivity contribution in [3.8, 4) is 0 Å². The van der Waals surface area contributed by atoms with Crippen molar-refractivity contribution in [3.63, 3.8) is 0 Å². The van der Waals surface area contributed by atoms with Crippen LogP contribution >= 0.6 is 0 Å². The number of unbranched alkanes of at least 4 members (excludes halogenated alkanes) is 12. The molecular weight excluding hydrogens is 562 g/mol. The second-order valence-corrected chi connectivity index (χ2v) is 11.8. The lowest BCUT2D eigenvalue weighted by Gasteiger charge is -2.28. The molecule has 0 aliphatic rings. The Morgan fingerprint density at radius 1 is 0.556 bits per heavy atom. The third kappa shape index (κ3) is 14.1. The zero-order chi connectivity index (χ0) is 32.0. The van der Waals surface area contributed by atoms with E-state index in [2.05, 4.69) is 12.2 Å². The molecule has 0 heterocycles. The molecule has 0 aliphatic carbocycles. The van der Waals surface area contributed by atoms with Crippen LogP contribution in [0.25, 0.3) is 0 Å². The molecule has 0 saturated heterocycles. The second kappa shape index (κ2) is 21.7. The predicted molar refractivity (Wildman–Crippen MR) is 180 cm³/mol. The van der Waals surface area contributed by atoms with Gasteiger partial charge in [0.25, 0.3) is 5.91 Å². The van der Waals surface area contributed by atoms with E-state index in [1.54, 1.807) is 72.8 Å². The molecule has 3 aromatic rings. The molecule has 2 atom stereocenters. The zero-order valence-corrected chi connectivity index (χ0v) is 27.0. The smallest absolute Gasteiger partial charge is 0.338 e. The number of benzene rings is 3. The Balaban J connectivity index is 1.60. The predicted octanol–water partition coefficient (Wildman–Crippen LogP) is 9.35. The summed E-state index contributed by atoms with van der Waals surface area (Å²) in [5, 5.41) is 3.00. The molecule has 1 N–H and O–H groups in total. The first-order valence-corrected chi connectivity index (χ1v) is 16.9. The SMILES string of the molecule is CCCCCCCCCCCCCCC[C@H](OC(=O)c1ccccc1)[C@@H](COC(=O)c1ccccc1)NC(=O)c1ccccc1. The molecule has 0 fully saturated rings. The number of rotatable bonds is 22. The van der Waals surface area contributed by atoms with E-state index < -0.39 is 24.1 Å². The lowest BCUT2D eigenvalue weighted by molar-refractivity contribution is 0.00274. The van der Waals surface area contributed by atoms with Crippen LogP contribution in [0.4, 0.5) is 0 Å². The van der Waals surface area contributed by atoms with E-state index in [-0.39, 0.29) is 12.5 Å². The van der Waals surface area contributed by atoms with Crippen LogP contribution in [-0.2, 0) is 9.47 Å². The van der Waals surface area contributed by atoms with Gasteiger partial charge in [0, 0.05) is 5.56 Å². The highest BCUT2D eigenvalue weighted by molar-refractivity contribution is 5.94. The average molecular weight is 614 g/mol. The van der Waals surface area contributed by atoms with Crippen LogP contribution in [0.5, 0.6) is 0 Å². The summed E-state index contributed by atoms with van der Waals surface area (Å²) in [5.74, 6) is -1.28. The summed E-state index contributed by atoms with van der Waals surface area (Å²) in [6.07, 6.45) is 15.9. The van der Waals surface area contributed by atoms with Crippen molar-refractivity contribution in [1.82, 2.24) is 5.32 Å². The molecule has 0 radical (unpaired) electrons. The van der Waals surface area contributed by atoms with Crippen molar-refractivity contribution in [2.45, 2.75) is 109 Å². The van der Waals surface area contributed by atoms with Gasteiger partial charge < -0.3 is 14.8 Å². The van der Waals surface area contributed by atoms with E-state index in [1.165, 1.54) is 64.2 Å². The molecule has 0 aliphatic heterocycles. The summed E-state index contributed by atoms with van der Waals surface area (Å²) in [4.78, 5) is 39.2.